The van der Waals surface area contributed by atoms with E-state index in [0.29, 0.717) is 65.4 Å². The van der Waals surface area contributed by atoms with Crippen molar-refractivity contribution >= 4 is 68.4 Å². The predicted molar refractivity (Wildman–Crippen MR) is 346 cm³/mol. The summed E-state index contributed by atoms with van der Waals surface area (Å²) < 4.78 is 9.44. The molecule has 1 N–H and O–H groups in total. The molecule has 0 aliphatic carbocycles. The van der Waals surface area contributed by atoms with E-state index in [0.717, 1.165) is 101 Å². The summed E-state index contributed by atoms with van der Waals surface area (Å²) in [4.78, 5) is 26.3. The molecule has 5 heterocycles. The molecule has 0 bridgehead atoms. The zero-order valence-corrected chi connectivity index (χ0v) is 47.7. The first-order valence-electron chi connectivity index (χ1n) is 28.9. The van der Waals surface area contributed by atoms with Crippen molar-refractivity contribution < 1.29 is 0 Å². The van der Waals surface area contributed by atoms with Crippen LogP contribution in [0.3, 0.4) is 0 Å². The van der Waals surface area contributed by atoms with Crippen molar-refractivity contribution in [3.63, 3.8) is 0 Å². The van der Waals surface area contributed by atoms with Gasteiger partial charge in [-0.25, -0.2) is 19.9 Å². The highest BCUT2D eigenvalue weighted by Crippen LogP contribution is 2.28. The van der Waals surface area contributed by atoms with Crippen LogP contribution in [0.1, 0.15) is 79.2 Å². The molecule has 0 fully saturated rings. The maximum Gasteiger partial charge on any atom is 0.124 e. The van der Waals surface area contributed by atoms with Crippen LogP contribution in [0.25, 0.3) is 68.4 Å². The second kappa shape index (κ2) is 24.3. The van der Waals surface area contributed by atoms with Crippen molar-refractivity contribution in [3.05, 3.63) is 306 Å². The third-order valence-electron chi connectivity index (χ3n) is 16.1. The quantitative estimate of drug-likeness (QED) is 0.0642. The molecule has 418 valence electrons. The molecular weight excluding hydrogens is 1040 g/mol. The number of rotatable bonds is 24. The van der Waals surface area contributed by atoms with Crippen LogP contribution in [0, 0.1) is 0 Å². The molecule has 0 aliphatic rings. The highest BCUT2D eigenvalue weighted by molar-refractivity contribution is 5.78. The number of aromatic nitrogens is 10. The van der Waals surface area contributed by atoms with E-state index in [1.54, 1.807) is 0 Å². The molecule has 13 aromatic rings. The molecule has 0 amide bonds. The summed E-state index contributed by atoms with van der Waals surface area (Å²) in [5, 5.41) is 8.66. The largest absolute Gasteiger partial charge is 0.322 e. The topological polar surface area (TPSA) is 106 Å². The molecule has 0 saturated carbocycles. The second-order valence-corrected chi connectivity index (χ2v) is 21.9. The lowest BCUT2D eigenvalue weighted by molar-refractivity contribution is 0.226. The minimum absolute atomic E-state index is 0.520. The summed E-state index contributed by atoms with van der Waals surface area (Å²) in [6, 6.07) is 70.4. The van der Waals surface area contributed by atoms with Crippen molar-refractivity contribution in [2.75, 3.05) is 0 Å². The lowest BCUT2D eigenvalue weighted by Gasteiger charge is -2.23. The highest BCUT2D eigenvalue weighted by atomic mass is 15.3. The monoisotopic (exact) mass is 1110 g/mol. The summed E-state index contributed by atoms with van der Waals surface area (Å²) >= 11 is 0. The van der Waals surface area contributed by atoms with E-state index >= 15 is 0 Å². The number of para-hydroxylation sites is 8. The Morgan fingerprint density at radius 1 is 0.329 bits per heavy atom. The highest BCUT2D eigenvalue weighted by Gasteiger charge is 2.24. The van der Waals surface area contributed by atoms with Crippen LogP contribution >= 0.6 is 0 Å². The van der Waals surface area contributed by atoms with E-state index in [2.05, 4.69) is 260 Å². The molecule has 0 radical (unpaired) electrons. The maximum absolute atomic E-state index is 5.37. The Kier molecular flexibility index (Phi) is 15.4. The lowest BCUT2D eigenvalue weighted by atomic mass is 10.1. The van der Waals surface area contributed by atoms with E-state index in [4.69, 9.17) is 25.0 Å². The number of benzene rings is 8. The van der Waals surface area contributed by atoms with Gasteiger partial charge >= 0.3 is 0 Å². The average molecular weight is 1110 g/mol. The van der Waals surface area contributed by atoms with Crippen molar-refractivity contribution in [2.24, 2.45) is 0 Å². The molecule has 0 unspecified atom stereocenters. The van der Waals surface area contributed by atoms with Gasteiger partial charge < -0.3 is 18.3 Å². The van der Waals surface area contributed by atoms with E-state index < -0.39 is 0 Å². The molecule has 12 heteroatoms. The van der Waals surface area contributed by atoms with Gasteiger partial charge in [-0.05, 0) is 99.1 Å². The number of nitrogens with zero attached hydrogens (tertiary/aromatic N) is 11. The minimum Gasteiger partial charge on any atom is -0.322 e. The number of H-pyrrole nitrogens is 1. The van der Waals surface area contributed by atoms with Crippen LogP contribution < -0.4 is 0 Å². The summed E-state index contributed by atoms with van der Waals surface area (Å²) in [6.45, 7) is 21.8. The Morgan fingerprint density at radius 2 is 0.600 bits per heavy atom. The maximum atomic E-state index is 5.37. The first-order valence-corrected chi connectivity index (χ1v) is 28.9. The summed E-state index contributed by atoms with van der Waals surface area (Å²) in [7, 11) is 0. The van der Waals surface area contributed by atoms with Crippen molar-refractivity contribution in [2.45, 2.75) is 65.4 Å². The van der Waals surface area contributed by atoms with E-state index in [1.165, 1.54) is 22.3 Å². The predicted octanol–water partition coefficient (Wildman–Crippen LogP) is 15.0. The van der Waals surface area contributed by atoms with Gasteiger partial charge in [0.25, 0.3) is 0 Å². The number of imidazole rings is 4. The fraction of sp³-hybridized carbons (Fsp3) is 0.137. The molecule has 13 rings (SSSR count). The molecule has 0 aliphatic heterocycles. The average Bonchev–Trinajstić information content (AvgIpc) is 4.21. The van der Waals surface area contributed by atoms with Crippen molar-refractivity contribution in [1.29, 1.82) is 0 Å². The molecule has 0 atom stereocenters. The van der Waals surface area contributed by atoms with Crippen LogP contribution in [0.15, 0.2) is 227 Å². The van der Waals surface area contributed by atoms with Crippen molar-refractivity contribution in [3.8, 4) is 0 Å². The molecule has 85 heavy (non-hydrogen) atoms. The Hall–Kier alpha value is -10.3. The molecule has 0 saturated heterocycles. The van der Waals surface area contributed by atoms with Crippen LogP contribution in [-0.2, 0) is 65.4 Å². The third kappa shape index (κ3) is 11.9. The summed E-state index contributed by atoms with van der Waals surface area (Å²) in [5.41, 5.74) is 19.1. The Balaban J connectivity index is 0.869. The zero-order chi connectivity index (χ0) is 57.6. The Labute approximate surface area is 495 Å². The third-order valence-corrected chi connectivity index (χ3v) is 16.1. The first-order chi connectivity index (χ1) is 41.8. The first kappa shape index (κ1) is 54.0. The van der Waals surface area contributed by atoms with Gasteiger partial charge in [0.05, 0.1) is 76.0 Å². The van der Waals surface area contributed by atoms with Gasteiger partial charge in [-0.2, -0.15) is 5.10 Å². The van der Waals surface area contributed by atoms with E-state index in [1.807, 2.05) is 24.3 Å². The fourth-order valence-corrected chi connectivity index (χ4v) is 11.6. The number of nitrogens with one attached hydrogen (secondary N) is 1. The fourth-order valence-electron chi connectivity index (χ4n) is 11.6. The zero-order valence-electron chi connectivity index (χ0n) is 47.7. The number of hydrogen-bond acceptors (Lipinski definition) is 7. The van der Waals surface area contributed by atoms with Crippen LogP contribution in [0.2, 0.25) is 0 Å². The molecular formula is C73H66N12. The van der Waals surface area contributed by atoms with E-state index in [-0.39, 0.29) is 0 Å². The van der Waals surface area contributed by atoms with Gasteiger partial charge in [-0.15, -0.1) is 0 Å². The van der Waals surface area contributed by atoms with Gasteiger partial charge in [0.1, 0.15) is 23.3 Å². The van der Waals surface area contributed by atoms with E-state index in [9.17, 15) is 0 Å². The van der Waals surface area contributed by atoms with Gasteiger partial charge in [0, 0.05) is 45.0 Å². The molecule has 8 aromatic carbocycles. The summed E-state index contributed by atoms with van der Waals surface area (Å²) in [6.07, 6.45) is 7.53. The van der Waals surface area contributed by atoms with Gasteiger partial charge in [-0.3, -0.25) is 14.9 Å². The smallest absolute Gasteiger partial charge is 0.124 e. The van der Waals surface area contributed by atoms with Crippen molar-refractivity contribution in [1.82, 2.24) is 58.2 Å². The van der Waals surface area contributed by atoms with Gasteiger partial charge in [-0.1, -0.05) is 196 Å². The normalized spacial score (nSPS) is 11.7. The molecule has 5 aromatic heterocycles. The standard InChI is InChI=1S/C73H66N12/c1-5-52-25-33-56(34-26-52)42-82-66-21-13-9-17-62(66)74-70(82)48-80(49-71-75-63-18-10-14-22-67(63)83(71)43-57-35-27-53(6-2)28-36-57)46-60-41-61(79-78-60)47-81(50-72-76-64-19-11-15-23-68(64)84(72)44-58-37-29-54(7-3)30-38-58)51-73-77-65-20-12-16-24-69(65)85(73)45-59-39-31-55(8-4)32-40-59/h5-41H,1-4,42-51H2,(H,78,79). The van der Waals surface area contributed by atoms with Crippen LogP contribution in [-0.4, -0.2) is 58.2 Å². The minimum atomic E-state index is 0.520. The van der Waals surface area contributed by atoms with Crippen LogP contribution in [0.4, 0.5) is 0 Å². The molecule has 12 nitrogen and oxygen atoms in total. The number of hydrogen-bond donors (Lipinski definition) is 1. The number of fused-ring (bicyclic) bond motifs is 4. The SMILES string of the molecule is C=Cc1ccc(Cn2c(CN(Cc3cc(CN(Cc4nc5ccccc5n4Cc4ccc(C=C)cc4)Cc4nc5ccccc5n4Cc4ccc(C=C)cc4)[nH]n3)Cc3nc4ccccc4n3Cc3ccc(C=C)cc3)nc3ccccc32)cc1. The lowest BCUT2D eigenvalue weighted by Crippen LogP contribution is -2.27. The molecule has 0 spiro atoms. The number of aromatic amines is 1. The summed E-state index contributed by atoms with van der Waals surface area (Å²) in [5.74, 6) is 3.83. The van der Waals surface area contributed by atoms with Gasteiger partial charge in [0.15, 0.2) is 0 Å². The van der Waals surface area contributed by atoms with Crippen LogP contribution in [0.5, 0.6) is 0 Å². The second-order valence-electron chi connectivity index (χ2n) is 21.9. The van der Waals surface area contributed by atoms with Gasteiger partial charge in [0.2, 0.25) is 0 Å². The Bertz CT molecular complexity index is 3960. The Morgan fingerprint density at radius 3 is 0.882 bits per heavy atom.